The third-order valence-electron chi connectivity index (χ3n) is 4.63. The number of hydrogen-bond donors (Lipinski definition) is 2. The molecule has 7 heteroatoms. The van der Waals surface area contributed by atoms with Gasteiger partial charge in [0.05, 0.1) is 12.1 Å². The highest BCUT2D eigenvalue weighted by molar-refractivity contribution is 6.01. The lowest BCUT2D eigenvalue weighted by Gasteiger charge is -2.40. The lowest BCUT2D eigenvalue weighted by molar-refractivity contribution is -0.135. The second-order valence-corrected chi connectivity index (χ2v) is 6.53. The number of piperazine rings is 1. The Bertz CT molecular complexity index is 1000. The molecule has 1 amide bonds. The van der Waals surface area contributed by atoms with Crippen LogP contribution in [-0.4, -0.2) is 39.4 Å². The molecular formula is C17H18N4O3. The van der Waals surface area contributed by atoms with Gasteiger partial charge in [-0.25, -0.2) is 4.98 Å². The van der Waals surface area contributed by atoms with Crippen molar-refractivity contribution in [3.63, 3.8) is 0 Å². The van der Waals surface area contributed by atoms with Crippen LogP contribution in [0.1, 0.15) is 19.7 Å². The van der Waals surface area contributed by atoms with E-state index >= 15 is 0 Å². The quantitative estimate of drug-likeness (QED) is 0.742. The van der Waals surface area contributed by atoms with E-state index in [1.165, 1.54) is 0 Å². The molecule has 0 unspecified atom stereocenters. The van der Waals surface area contributed by atoms with Gasteiger partial charge in [-0.05, 0) is 26.0 Å². The number of amides is 1. The lowest BCUT2D eigenvalue weighted by Crippen LogP contribution is -2.61. The van der Waals surface area contributed by atoms with Gasteiger partial charge in [0.2, 0.25) is 11.5 Å². The molecule has 1 aliphatic rings. The van der Waals surface area contributed by atoms with Gasteiger partial charge in [-0.15, -0.1) is 0 Å². The summed E-state index contributed by atoms with van der Waals surface area (Å²) in [6, 6.07) is 7.44. The number of nitrogens with one attached hydrogen (secondary N) is 2. The monoisotopic (exact) mass is 326 g/mol. The Morgan fingerprint density at radius 2 is 2.08 bits per heavy atom. The van der Waals surface area contributed by atoms with Gasteiger partial charge in [0.25, 0.3) is 5.56 Å². The van der Waals surface area contributed by atoms with Gasteiger partial charge in [0, 0.05) is 18.5 Å². The summed E-state index contributed by atoms with van der Waals surface area (Å²) < 4.78 is 5.60. The Kier molecular flexibility index (Phi) is 3.21. The normalized spacial score (nSPS) is 18.2. The van der Waals surface area contributed by atoms with E-state index in [0.717, 1.165) is 5.39 Å². The highest BCUT2D eigenvalue weighted by atomic mass is 16.3. The third kappa shape index (κ3) is 2.20. The minimum absolute atomic E-state index is 0.0223. The van der Waals surface area contributed by atoms with E-state index in [4.69, 9.17) is 4.42 Å². The zero-order valence-corrected chi connectivity index (χ0v) is 13.5. The SMILES string of the molecule is CC1(C)C(=O)NCCN1Cc1nc2c(oc3ccccc32)c(=O)[nH]1. The first-order valence-corrected chi connectivity index (χ1v) is 7.90. The number of carbonyl (C=O) groups excluding carboxylic acids is 1. The number of benzene rings is 1. The molecule has 1 fully saturated rings. The zero-order valence-electron chi connectivity index (χ0n) is 13.5. The third-order valence-corrected chi connectivity index (χ3v) is 4.63. The van der Waals surface area contributed by atoms with E-state index in [2.05, 4.69) is 15.3 Å². The summed E-state index contributed by atoms with van der Waals surface area (Å²) in [7, 11) is 0. The van der Waals surface area contributed by atoms with Gasteiger partial charge in [-0.1, -0.05) is 12.1 Å². The Morgan fingerprint density at radius 1 is 1.29 bits per heavy atom. The molecule has 0 saturated carbocycles. The topological polar surface area (TPSA) is 91.2 Å². The molecular weight excluding hydrogens is 308 g/mol. The maximum atomic E-state index is 12.3. The maximum absolute atomic E-state index is 12.3. The second kappa shape index (κ2) is 5.17. The van der Waals surface area contributed by atoms with Gasteiger partial charge in [-0.2, -0.15) is 0 Å². The van der Waals surface area contributed by atoms with Crippen molar-refractivity contribution in [2.24, 2.45) is 0 Å². The summed E-state index contributed by atoms with van der Waals surface area (Å²) in [5, 5.41) is 3.68. The van der Waals surface area contributed by atoms with Crippen LogP contribution >= 0.6 is 0 Å². The Labute approximate surface area is 137 Å². The van der Waals surface area contributed by atoms with Crippen molar-refractivity contribution in [2.45, 2.75) is 25.9 Å². The molecule has 124 valence electrons. The fraction of sp³-hybridized carbons (Fsp3) is 0.353. The Morgan fingerprint density at radius 3 is 2.92 bits per heavy atom. The van der Waals surface area contributed by atoms with Crippen LogP contribution in [0.5, 0.6) is 0 Å². The fourth-order valence-corrected chi connectivity index (χ4v) is 3.12. The Balaban J connectivity index is 1.79. The predicted octanol–water partition coefficient (Wildman–Crippen LogP) is 1.38. The number of para-hydroxylation sites is 1. The van der Waals surface area contributed by atoms with Crippen molar-refractivity contribution < 1.29 is 9.21 Å². The number of hydrogen-bond acceptors (Lipinski definition) is 5. The summed E-state index contributed by atoms with van der Waals surface area (Å²) in [5.41, 5.74) is 0.481. The summed E-state index contributed by atoms with van der Waals surface area (Å²) in [6.07, 6.45) is 0. The standard InChI is InChI=1S/C17H18N4O3/c1-17(2)16(23)18-7-8-21(17)9-12-19-13-10-5-3-4-6-11(10)24-14(13)15(22)20-12/h3-6H,7-9H2,1-2H3,(H,18,23)(H,19,20,22). The molecule has 0 aliphatic carbocycles. The number of H-pyrrole nitrogens is 1. The summed E-state index contributed by atoms with van der Waals surface area (Å²) in [5.74, 6) is 0.507. The van der Waals surface area contributed by atoms with Gasteiger partial charge < -0.3 is 14.7 Å². The van der Waals surface area contributed by atoms with E-state index < -0.39 is 5.54 Å². The largest absolute Gasteiger partial charge is 0.449 e. The van der Waals surface area contributed by atoms with Crippen molar-refractivity contribution in [1.82, 2.24) is 20.2 Å². The molecule has 4 rings (SSSR count). The summed E-state index contributed by atoms with van der Waals surface area (Å²) >= 11 is 0. The van der Waals surface area contributed by atoms with Crippen LogP contribution in [0.3, 0.4) is 0 Å². The van der Waals surface area contributed by atoms with Gasteiger partial charge in [0.15, 0.2) is 0 Å². The molecule has 3 heterocycles. The van der Waals surface area contributed by atoms with Crippen molar-refractivity contribution in [3.8, 4) is 0 Å². The van der Waals surface area contributed by atoms with Crippen molar-refractivity contribution in [3.05, 3.63) is 40.4 Å². The van der Waals surface area contributed by atoms with Gasteiger partial charge >= 0.3 is 0 Å². The number of carbonyl (C=O) groups is 1. The number of fused-ring (bicyclic) bond motifs is 3. The molecule has 3 aromatic rings. The van der Waals surface area contributed by atoms with Crippen molar-refractivity contribution >= 4 is 28.0 Å². The first kappa shape index (κ1) is 14.9. The molecule has 0 atom stereocenters. The van der Waals surface area contributed by atoms with Gasteiger partial charge in [0.1, 0.15) is 16.9 Å². The minimum Gasteiger partial charge on any atom is -0.449 e. The van der Waals surface area contributed by atoms with E-state index in [9.17, 15) is 9.59 Å². The first-order chi connectivity index (χ1) is 11.5. The first-order valence-electron chi connectivity index (χ1n) is 7.90. The summed E-state index contributed by atoms with van der Waals surface area (Å²) in [6.45, 7) is 5.41. The average Bonchev–Trinajstić information content (AvgIpc) is 2.92. The van der Waals surface area contributed by atoms with Gasteiger partial charge in [-0.3, -0.25) is 14.5 Å². The molecule has 0 bridgehead atoms. The van der Waals surface area contributed by atoms with Crippen LogP contribution in [-0.2, 0) is 11.3 Å². The number of furan rings is 1. The average molecular weight is 326 g/mol. The molecule has 0 spiro atoms. The fourth-order valence-electron chi connectivity index (χ4n) is 3.12. The van der Waals surface area contributed by atoms with Crippen LogP contribution in [0.4, 0.5) is 0 Å². The zero-order chi connectivity index (χ0) is 16.9. The Hall–Kier alpha value is -2.67. The van der Waals surface area contributed by atoms with Crippen molar-refractivity contribution in [2.75, 3.05) is 13.1 Å². The van der Waals surface area contributed by atoms with E-state index in [-0.39, 0.29) is 17.0 Å². The molecule has 24 heavy (non-hydrogen) atoms. The highest BCUT2D eigenvalue weighted by Crippen LogP contribution is 2.25. The van der Waals surface area contributed by atoms with Crippen LogP contribution in [0, 0.1) is 0 Å². The maximum Gasteiger partial charge on any atom is 0.294 e. The molecule has 1 saturated heterocycles. The molecule has 7 nitrogen and oxygen atoms in total. The van der Waals surface area contributed by atoms with E-state index in [1.807, 2.05) is 43.0 Å². The number of aromatic nitrogens is 2. The molecule has 2 aromatic heterocycles. The lowest BCUT2D eigenvalue weighted by atomic mass is 9.99. The number of rotatable bonds is 2. The molecule has 1 aliphatic heterocycles. The van der Waals surface area contributed by atoms with E-state index in [1.54, 1.807) is 0 Å². The van der Waals surface area contributed by atoms with Crippen LogP contribution in [0.2, 0.25) is 0 Å². The molecule has 1 aromatic carbocycles. The smallest absolute Gasteiger partial charge is 0.294 e. The van der Waals surface area contributed by atoms with Crippen LogP contribution in [0.15, 0.2) is 33.5 Å². The summed E-state index contributed by atoms with van der Waals surface area (Å²) in [4.78, 5) is 33.8. The van der Waals surface area contributed by atoms with E-state index in [0.29, 0.717) is 36.6 Å². The molecule has 2 N–H and O–H groups in total. The number of aromatic amines is 1. The van der Waals surface area contributed by atoms with Crippen LogP contribution < -0.4 is 10.9 Å². The van der Waals surface area contributed by atoms with Crippen LogP contribution in [0.25, 0.3) is 22.1 Å². The van der Waals surface area contributed by atoms with Crippen molar-refractivity contribution in [1.29, 1.82) is 0 Å². The minimum atomic E-state index is -0.649. The second-order valence-electron chi connectivity index (χ2n) is 6.53. The predicted molar refractivity (Wildman–Crippen MR) is 89.6 cm³/mol. The molecule has 0 radical (unpaired) electrons. The number of nitrogens with zero attached hydrogens (tertiary/aromatic N) is 2. The highest BCUT2D eigenvalue weighted by Gasteiger charge is 2.37.